The number of hydrogen-bond acceptors (Lipinski definition) is 3. The van der Waals surface area contributed by atoms with E-state index in [1.54, 1.807) is 11.3 Å². The molecule has 2 aromatic heterocycles. The third kappa shape index (κ3) is 2.85. The first-order chi connectivity index (χ1) is 8.52. The molecular weight excluding hydrogens is 427 g/mol. The summed E-state index contributed by atoms with van der Waals surface area (Å²) in [5.74, 6) is 0.143. The molecule has 3 nitrogen and oxygen atoms in total. The molecule has 18 heavy (non-hydrogen) atoms. The number of ketones is 1. The molecular formula is C12H12BrIN2OS. The number of aromatic nitrogens is 2. The molecule has 2 heterocycles. The molecule has 0 fully saturated rings. The molecule has 0 unspecified atom stereocenters. The number of hydrogen-bond donors (Lipinski definition) is 0. The monoisotopic (exact) mass is 438 g/mol. The number of carbonyl (C=O) groups excluding carboxylic acids is 1. The summed E-state index contributed by atoms with van der Waals surface area (Å²) in [5.41, 5.74) is 2.68. The largest absolute Gasteiger partial charge is 0.294 e. The lowest BCUT2D eigenvalue weighted by Gasteiger charge is -2.04. The Morgan fingerprint density at radius 1 is 1.61 bits per heavy atom. The van der Waals surface area contributed by atoms with Gasteiger partial charge in [0.1, 0.15) is 0 Å². The summed E-state index contributed by atoms with van der Waals surface area (Å²) in [4.78, 5) is 12.2. The summed E-state index contributed by atoms with van der Waals surface area (Å²) in [6.45, 7) is 4.74. The molecule has 0 bridgehead atoms. The van der Waals surface area contributed by atoms with E-state index in [9.17, 15) is 4.79 Å². The third-order valence-electron chi connectivity index (χ3n) is 2.67. The summed E-state index contributed by atoms with van der Waals surface area (Å²) in [7, 11) is 0. The molecule has 0 aliphatic carbocycles. The van der Waals surface area contributed by atoms with Crippen molar-refractivity contribution in [2.24, 2.45) is 0 Å². The van der Waals surface area contributed by atoms with Crippen LogP contribution in [0.15, 0.2) is 15.9 Å². The van der Waals surface area contributed by atoms with Crippen LogP contribution in [0.4, 0.5) is 0 Å². The average Bonchev–Trinajstić information content (AvgIpc) is 2.88. The van der Waals surface area contributed by atoms with Crippen molar-refractivity contribution in [3.8, 4) is 0 Å². The van der Waals surface area contributed by atoms with E-state index in [1.165, 1.54) is 0 Å². The Morgan fingerprint density at radius 2 is 2.33 bits per heavy atom. The standard InChI is InChI=1S/C12H12BrIN2OS/c1-3-16-9(12(13)7(2)15-16)5-10(17)8-4-11(14)18-6-8/h4,6H,3,5H2,1-2H3. The van der Waals surface area contributed by atoms with Crippen LogP contribution in [0, 0.1) is 9.81 Å². The van der Waals surface area contributed by atoms with Crippen molar-refractivity contribution in [2.75, 3.05) is 0 Å². The van der Waals surface area contributed by atoms with Gasteiger partial charge in [0.05, 0.1) is 25.2 Å². The van der Waals surface area contributed by atoms with Gasteiger partial charge < -0.3 is 0 Å². The lowest BCUT2D eigenvalue weighted by atomic mass is 10.1. The highest BCUT2D eigenvalue weighted by Gasteiger charge is 2.17. The summed E-state index contributed by atoms with van der Waals surface area (Å²) >= 11 is 7.34. The Bertz CT molecular complexity index is 591. The van der Waals surface area contributed by atoms with Gasteiger partial charge in [-0.05, 0) is 58.4 Å². The zero-order valence-corrected chi connectivity index (χ0v) is 14.6. The summed E-state index contributed by atoms with van der Waals surface area (Å²) < 4.78 is 3.96. The van der Waals surface area contributed by atoms with Gasteiger partial charge in [0.15, 0.2) is 5.78 Å². The van der Waals surface area contributed by atoms with Crippen molar-refractivity contribution < 1.29 is 4.79 Å². The quantitative estimate of drug-likeness (QED) is 0.532. The highest BCUT2D eigenvalue weighted by molar-refractivity contribution is 14.1. The minimum Gasteiger partial charge on any atom is -0.294 e. The normalized spacial score (nSPS) is 10.9. The van der Waals surface area contributed by atoms with Gasteiger partial charge in [-0.1, -0.05) is 0 Å². The van der Waals surface area contributed by atoms with E-state index in [0.29, 0.717) is 6.42 Å². The topological polar surface area (TPSA) is 34.9 Å². The summed E-state index contributed by atoms with van der Waals surface area (Å²) in [6, 6.07) is 1.93. The Hall–Kier alpha value is -0.210. The van der Waals surface area contributed by atoms with Crippen LogP contribution in [-0.4, -0.2) is 15.6 Å². The summed E-state index contributed by atoms with van der Waals surface area (Å²) in [5, 5.41) is 6.31. The maximum absolute atomic E-state index is 12.2. The van der Waals surface area contributed by atoms with E-state index < -0.39 is 0 Å². The molecule has 0 amide bonds. The molecule has 0 aliphatic rings. The molecule has 0 saturated carbocycles. The SMILES string of the molecule is CCn1nc(C)c(Br)c1CC(=O)c1csc(I)c1. The fraction of sp³-hybridized carbons (Fsp3) is 0.333. The van der Waals surface area contributed by atoms with E-state index >= 15 is 0 Å². The van der Waals surface area contributed by atoms with Crippen molar-refractivity contribution in [3.63, 3.8) is 0 Å². The second kappa shape index (κ2) is 5.83. The molecule has 0 saturated heterocycles. The van der Waals surface area contributed by atoms with Gasteiger partial charge in [-0.2, -0.15) is 5.10 Å². The molecule has 0 aliphatic heterocycles. The Kier molecular flexibility index (Phi) is 4.60. The Labute approximate surface area is 132 Å². The molecule has 0 spiro atoms. The predicted octanol–water partition coefficient (Wildman–Crippen LogP) is 4.07. The number of Topliss-reactive ketones (excluding diaryl/α,β-unsaturated/α-hetero) is 1. The number of rotatable bonds is 4. The zero-order chi connectivity index (χ0) is 13.3. The van der Waals surface area contributed by atoms with E-state index in [-0.39, 0.29) is 5.78 Å². The Balaban J connectivity index is 2.26. The van der Waals surface area contributed by atoms with Gasteiger partial charge in [-0.15, -0.1) is 11.3 Å². The van der Waals surface area contributed by atoms with Gasteiger partial charge in [0.2, 0.25) is 0 Å². The smallest absolute Gasteiger partial charge is 0.169 e. The first kappa shape index (κ1) is 14.2. The minimum absolute atomic E-state index is 0.143. The van der Waals surface area contributed by atoms with Gasteiger partial charge in [0, 0.05) is 17.5 Å². The molecule has 2 rings (SSSR count). The maximum atomic E-state index is 12.2. The maximum Gasteiger partial charge on any atom is 0.169 e. The summed E-state index contributed by atoms with van der Waals surface area (Å²) in [6.07, 6.45) is 0.391. The van der Waals surface area contributed by atoms with Crippen LogP contribution >= 0.6 is 49.9 Å². The molecule has 0 radical (unpaired) electrons. The van der Waals surface area contributed by atoms with Crippen molar-refractivity contribution >= 4 is 55.6 Å². The van der Waals surface area contributed by atoms with Crippen molar-refractivity contribution in [1.29, 1.82) is 0 Å². The van der Waals surface area contributed by atoms with Crippen LogP contribution in [0.25, 0.3) is 0 Å². The van der Waals surface area contributed by atoms with Crippen molar-refractivity contribution in [3.05, 3.63) is 35.8 Å². The minimum atomic E-state index is 0.143. The van der Waals surface area contributed by atoms with Gasteiger partial charge in [-0.25, -0.2) is 0 Å². The fourth-order valence-electron chi connectivity index (χ4n) is 1.75. The second-order valence-electron chi connectivity index (χ2n) is 3.90. The highest BCUT2D eigenvalue weighted by atomic mass is 127. The second-order valence-corrected chi connectivity index (χ2v) is 7.50. The van der Waals surface area contributed by atoms with Crippen LogP contribution in [0.3, 0.4) is 0 Å². The van der Waals surface area contributed by atoms with Crippen LogP contribution in [0.2, 0.25) is 0 Å². The van der Waals surface area contributed by atoms with Crippen LogP contribution < -0.4 is 0 Å². The fourth-order valence-corrected chi connectivity index (χ4v) is 3.52. The zero-order valence-electron chi connectivity index (χ0n) is 10.0. The first-order valence-corrected chi connectivity index (χ1v) is 8.27. The molecule has 96 valence electrons. The van der Waals surface area contributed by atoms with Gasteiger partial charge >= 0.3 is 0 Å². The molecule has 0 N–H and O–H groups in total. The van der Waals surface area contributed by atoms with Gasteiger partial charge in [-0.3, -0.25) is 9.48 Å². The van der Waals surface area contributed by atoms with E-state index in [0.717, 1.165) is 30.9 Å². The molecule has 6 heteroatoms. The number of thiophene rings is 1. The van der Waals surface area contributed by atoms with Crippen LogP contribution in [-0.2, 0) is 13.0 Å². The Morgan fingerprint density at radius 3 is 2.89 bits per heavy atom. The number of nitrogens with zero attached hydrogens (tertiary/aromatic N) is 2. The molecule has 0 aromatic carbocycles. The third-order valence-corrected chi connectivity index (χ3v) is 5.49. The van der Waals surface area contributed by atoms with Crippen molar-refractivity contribution in [1.82, 2.24) is 9.78 Å². The van der Waals surface area contributed by atoms with E-state index in [2.05, 4.69) is 43.6 Å². The van der Waals surface area contributed by atoms with Crippen LogP contribution in [0.1, 0.15) is 28.7 Å². The van der Waals surface area contributed by atoms with E-state index in [1.807, 2.05) is 30.0 Å². The van der Waals surface area contributed by atoms with Crippen LogP contribution in [0.5, 0.6) is 0 Å². The van der Waals surface area contributed by atoms with E-state index in [4.69, 9.17) is 0 Å². The first-order valence-electron chi connectivity index (χ1n) is 5.52. The number of carbonyl (C=O) groups is 1. The predicted molar refractivity (Wildman–Crippen MR) is 85.4 cm³/mol. The number of aryl methyl sites for hydroxylation is 2. The average molecular weight is 439 g/mol. The van der Waals surface area contributed by atoms with Gasteiger partial charge in [0.25, 0.3) is 0 Å². The number of halogens is 2. The molecule has 2 aromatic rings. The lowest BCUT2D eigenvalue weighted by molar-refractivity contribution is 0.0990. The highest BCUT2D eigenvalue weighted by Crippen LogP contribution is 2.24. The lowest BCUT2D eigenvalue weighted by Crippen LogP contribution is -2.09. The van der Waals surface area contributed by atoms with Crippen molar-refractivity contribution in [2.45, 2.75) is 26.8 Å². The molecule has 0 atom stereocenters.